The summed E-state index contributed by atoms with van der Waals surface area (Å²) in [5.74, 6) is 0. The van der Waals surface area contributed by atoms with Crippen molar-refractivity contribution in [1.82, 2.24) is 10.3 Å². The topological polar surface area (TPSA) is 48.4 Å². The van der Waals surface area contributed by atoms with E-state index in [2.05, 4.69) is 15.2 Å². The smallest absolute Gasteiger partial charge is 0.0606 e. The van der Waals surface area contributed by atoms with E-state index >= 15 is 0 Å². The maximum absolute atomic E-state index is 9.09. The van der Waals surface area contributed by atoms with Gasteiger partial charge in [0.05, 0.1) is 6.61 Å². The number of nitrogens with zero attached hydrogens (tertiary/aromatic N) is 2. The Morgan fingerprint density at radius 2 is 2.25 bits per heavy atom. The van der Waals surface area contributed by atoms with Crippen LogP contribution in [0, 0.1) is 0 Å². The molecule has 0 saturated carbocycles. The van der Waals surface area contributed by atoms with E-state index in [9.17, 15) is 0 Å². The highest BCUT2D eigenvalue weighted by molar-refractivity contribution is 5.44. The first-order valence-electron chi connectivity index (χ1n) is 5.89. The van der Waals surface area contributed by atoms with E-state index in [-0.39, 0.29) is 6.61 Å². The monoisotopic (exact) mass is 221 g/mol. The van der Waals surface area contributed by atoms with Crippen molar-refractivity contribution in [1.29, 1.82) is 0 Å². The Hall–Kier alpha value is -1.13. The molecule has 2 N–H and O–H groups in total. The number of aliphatic hydroxyl groups excluding tert-OH is 1. The fourth-order valence-electron chi connectivity index (χ4n) is 2.18. The molecule has 2 rings (SSSR count). The van der Waals surface area contributed by atoms with E-state index in [4.69, 9.17) is 5.11 Å². The molecular weight excluding hydrogens is 202 g/mol. The molecule has 1 unspecified atom stereocenters. The molecule has 0 spiro atoms. The van der Waals surface area contributed by atoms with Crippen molar-refractivity contribution in [3.8, 4) is 0 Å². The summed E-state index contributed by atoms with van der Waals surface area (Å²) in [6.45, 7) is 2.95. The van der Waals surface area contributed by atoms with E-state index in [1.165, 1.54) is 12.8 Å². The van der Waals surface area contributed by atoms with Gasteiger partial charge in [-0.3, -0.25) is 4.98 Å². The third-order valence-electron chi connectivity index (χ3n) is 3.00. The first kappa shape index (κ1) is 11.4. The molecular formula is C12H19N3O. The zero-order valence-corrected chi connectivity index (χ0v) is 9.47. The molecule has 1 aliphatic rings. The van der Waals surface area contributed by atoms with Crippen LogP contribution in [0.3, 0.4) is 0 Å². The molecule has 1 aromatic heterocycles. The summed E-state index contributed by atoms with van der Waals surface area (Å²) in [6.07, 6.45) is 6.07. The Kier molecular flexibility index (Phi) is 4.13. The molecule has 4 nitrogen and oxygen atoms in total. The van der Waals surface area contributed by atoms with E-state index in [1.807, 2.05) is 12.1 Å². The van der Waals surface area contributed by atoms with Crippen LogP contribution in [0.4, 0.5) is 5.69 Å². The van der Waals surface area contributed by atoms with Gasteiger partial charge in [0.15, 0.2) is 0 Å². The van der Waals surface area contributed by atoms with Gasteiger partial charge in [0.1, 0.15) is 0 Å². The number of nitrogens with one attached hydrogen (secondary N) is 1. The fourth-order valence-corrected chi connectivity index (χ4v) is 2.18. The van der Waals surface area contributed by atoms with E-state index in [1.54, 1.807) is 12.4 Å². The summed E-state index contributed by atoms with van der Waals surface area (Å²) in [5.41, 5.74) is 1.14. The number of aromatic nitrogens is 1. The minimum atomic E-state index is 0.190. The second-order valence-electron chi connectivity index (χ2n) is 4.17. The van der Waals surface area contributed by atoms with Crippen LogP contribution in [-0.2, 0) is 0 Å². The molecule has 2 heterocycles. The predicted molar refractivity (Wildman–Crippen MR) is 64.6 cm³/mol. The second-order valence-corrected chi connectivity index (χ2v) is 4.17. The Balaban J connectivity index is 1.99. The van der Waals surface area contributed by atoms with E-state index < -0.39 is 0 Å². The molecule has 0 aromatic carbocycles. The van der Waals surface area contributed by atoms with E-state index in [0.717, 1.165) is 18.8 Å². The quantitative estimate of drug-likeness (QED) is 0.766. The predicted octanol–water partition coefficient (Wildman–Crippen LogP) is 0.632. The molecule has 0 aliphatic carbocycles. The lowest BCUT2D eigenvalue weighted by molar-refractivity contribution is 0.300. The summed E-state index contributed by atoms with van der Waals surface area (Å²) in [6, 6.07) is 4.54. The van der Waals surface area contributed by atoms with Gasteiger partial charge in [0.25, 0.3) is 0 Å². The van der Waals surface area contributed by atoms with Crippen LogP contribution in [0.15, 0.2) is 24.5 Å². The highest BCUT2D eigenvalue weighted by Crippen LogP contribution is 2.15. The summed E-state index contributed by atoms with van der Waals surface area (Å²) in [5, 5.41) is 12.6. The number of pyridine rings is 1. The largest absolute Gasteiger partial charge is 0.395 e. The summed E-state index contributed by atoms with van der Waals surface area (Å²) in [4.78, 5) is 6.23. The van der Waals surface area contributed by atoms with Gasteiger partial charge in [-0.05, 0) is 31.5 Å². The zero-order valence-electron chi connectivity index (χ0n) is 9.47. The van der Waals surface area contributed by atoms with Crippen LogP contribution in [0.1, 0.15) is 12.8 Å². The molecule has 1 aliphatic heterocycles. The Morgan fingerprint density at radius 1 is 1.44 bits per heavy atom. The van der Waals surface area contributed by atoms with E-state index in [0.29, 0.717) is 12.6 Å². The third-order valence-corrected chi connectivity index (χ3v) is 3.00. The number of anilines is 1. The number of hydrogen-bond donors (Lipinski definition) is 2. The van der Waals surface area contributed by atoms with Gasteiger partial charge < -0.3 is 15.3 Å². The van der Waals surface area contributed by atoms with Gasteiger partial charge in [0.2, 0.25) is 0 Å². The lowest BCUT2D eigenvalue weighted by atomic mass is 10.2. The fraction of sp³-hybridized carbons (Fsp3) is 0.583. The van der Waals surface area contributed by atoms with Crippen molar-refractivity contribution in [2.75, 3.05) is 31.1 Å². The molecule has 1 atom stereocenters. The molecule has 0 bridgehead atoms. The standard InChI is InChI=1S/C12H19N3O/c16-9-8-15(10-11-2-1-5-14-11)12-3-6-13-7-4-12/h3-4,6-7,11,14,16H,1-2,5,8-10H2. The van der Waals surface area contributed by atoms with Gasteiger partial charge >= 0.3 is 0 Å². The van der Waals surface area contributed by atoms with Crippen molar-refractivity contribution in [2.45, 2.75) is 18.9 Å². The first-order valence-corrected chi connectivity index (χ1v) is 5.89. The van der Waals surface area contributed by atoms with Crippen LogP contribution in [0.25, 0.3) is 0 Å². The molecule has 1 saturated heterocycles. The summed E-state index contributed by atoms with van der Waals surface area (Å²) < 4.78 is 0. The van der Waals surface area contributed by atoms with Crippen LogP contribution in [0.5, 0.6) is 0 Å². The molecule has 4 heteroatoms. The Labute approximate surface area is 96.3 Å². The molecule has 1 aromatic rings. The van der Waals surface area contributed by atoms with Crippen molar-refractivity contribution >= 4 is 5.69 Å². The summed E-state index contributed by atoms with van der Waals surface area (Å²) in [7, 11) is 0. The number of hydrogen-bond acceptors (Lipinski definition) is 4. The average Bonchev–Trinajstić information content (AvgIpc) is 2.83. The average molecular weight is 221 g/mol. The van der Waals surface area contributed by atoms with Gasteiger partial charge in [0, 0.05) is 37.2 Å². The van der Waals surface area contributed by atoms with Crippen LogP contribution in [0.2, 0.25) is 0 Å². The highest BCUT2D eigenvalue weighted by Gasteiger charge is 2.17. The number of rotatable bonds is 5. The third kappa shape index (κ3) is 2.93. The molecule has 1 fully saturated rings. The lowest BCUT2D eigenvalue weighted by Crippen LogP contribution is -2.39. The Morgan fingerprint density at radius 3 is 2.88 bits per heavy atom. The van der Waals surface area contributed by atoms with Crippen molar-refractivity contribution in [2.24, 2.45) is 0 Å². The van der Waals surface area contributed by atoms with Crippen LogP contribution < -0.4 is 10.2 Å². The lowest BCUT2D eigenvalue weighted by Gasteiger charge is -2.27. The normalized spacial score (nSPS) is 19.9. The van der Waals surface area contributed by atoms with Crippen molar-refractivity contribution in [3.63, 3.8) is 0 Å². The molecule has 88 valence electrons. The maximum Gasteiger partial charge on any atom is 0.0606 e. The highest BCUT2D eigenvalue weighted by atomic mass is 16.3. The Bertz CT molecular complexity index is 298. The van der Waals surface area contributed by atoms with Crippen LogP contribution in [-0.4, -0.2) is 42.4 Å². The minimum absolute atomic E-state index is 0.190. The first-order chi connectivity index (χ1) is 7.90. The molecule has 16 heavy (non-hydrogen) atoms. The van der Waals surface area contributed by atoms with Crippen molar-refractivity contribution < 1.29 is 5.11 Å². The maximum atomic E-state index is 9.09. The van der Waals surface area contributed by atoms with Gasteiger partial charge in [-0.2, -0.15) is 0 Å². The van der Waals surface area contributed by atoms with Gasteiger partial charge in [-0.1, -0.05) is 0 Å². The van der Waals surface area contributed by atoms with Gasteiger partial charge in [-0.25, -0.2) is 0 Å². The van der Waals surface area contributed by atoms with Crippen LogP contribution >= 0.6 is 0 Å². The van der Waals surface area contributed by atoms with Crippen molar-refractivity contribution in [3.05, 3.63) is 24.5 Å². The minimum Gasteiger partial charge on any atom is -0.395 e. The molecule has 0 radical (unpaired) electrons. The summed E-state index contributed by atoms with van der Waals surface area (Å²) >= 11 is 0. The zero-order chi connectivity index (χ0) is 11.2. The SMILES string of the molecule is OCCN(CC1CCCN1)c1ccncc1. The molecule has 0 amide bonds. The second kappa shape index (κ2) is 5.82. The number of aliphatic hydroxyl groups is 1. The van der Waals surface area contributed by atoms with Gasteiger partial charge in [-0.15, -0.1) is 0 Å².